The number of nitrogens with zero attached hydrogens (tertiary/aromatic N) is 4. The van der Waals surface area contributed by atoms with E-state index in [1.165, 1.54) is 12.0 Å². The number of amides is 1. The van der Waals surface area contributed by atoms with Crippen molar-refractivity contribution in [3.05, 3.63) is 46.3 Å². The number of hydrogen-bond donors (Lipinski definition) is 1. The van der Waals surface area contributed by atoms with Crippen molar-refractivity contribution < 1.29 is 24.2 Å². The minimum Gasteiger partial charge on any atom is -0.507 e. The van der Waals surface area contributed by atoms with Gasteiger partial charge in [0.05, 0.1) is 37.1 Å². The molecule has 1 N–H and O–H groups in total. The van der Waals surface area contributed by atoms with Crippen LogP contribution in [0.1, 0.15) is 35.0 Å². The quantitative estimate of drug-likeness (QED) is 0.370. The lowest BCUT2D eigenvalue weighted by Crippen LogP contribution is -2.32. The van der Waals surface area contributed by atoms with Gasteiger partial charge in [-0.05, 0) is 58.6 Å². The van der Waals surface area contributed by atoms with Gasteiger partial charge in [0, 0.05) is 19.3 Å². The number of Topliss-reactive ketones (excluding diaryl/α,β-unsaturated/α-hetero) is 1. The third kappa shape index (κ3) is 4.45. The Bertz CT molecular complexity index is 1100. The third-order valence-electron chi connectivity index (χ3n) is 6.01. The molecule has 1 atom stereocenters. The summed E-state index contributed by atoms with van der Waals surface area (Å²) in [6, 6.07) is 4.50. The molecule has 2 aromatic rings. The minimum atomic E-state index is -0.758. The number of hydrogen-bond acceptors (Lipinski definition) is 7. The highest BCUT2D eigenvalue weighted by molar-refractivity contribution is 6.46. The molecule has 0 unspecified atom stereocenters. The number of ketones is 1. The topological polar surface area (TPSA) is 97.1 Å². The van der Waals surface area contributed by atoms with Crippen LogP contribution >= 0.6 is 0 Å². The fourth-order valence-electron chi connectivity index (χ4n) is 4.29. The maximum atomic E-state index is 13.2. The van der Waals surface area contributed by atoms with Gasteiger partial charge in [-0.1, -0.05) is 6.07 Å². The van der Waals surface area contributed by atoms with Crippen molar-refractivity contribution in [3.8, 4) is 11.5 Å². The highest BCUT2D eigenvalue weighted by Crippen LogP contribution is 2.42. The van der Waals surface area contributed by atoms with Crippen LogP contribution in [0.3, 0.4) is 0 Å². The summed E-state index contributed by atoms with van der Waals surface area (Å²) in [6.07, 6.45) is 0.675. The van der Waals surface area contributed by atoms with E-state index >= 15 is 0 Å². The molecule has 0 aliphatic carbocycles. The van der Waals surface area contributed by atoms with Crippen molar-refractivity contribution in [2.75, 3.05) is 41.4 Å². The summed E-state index contributed by atoms with van der Waals surface area (Å²) in [6.45, 7) is 4.69. The molecule has 33 heavy (non-hydrogen) atoms. The van der Waals surface area contributed by atoms with E-state index in [-0.39, 0.29) is 11.3 Å². The monoisotopic (exact) mass is 456 g/mol. The van der Waals surface area contributed by atoms with Gasteiger partial charge in [-0.25, -0.2) is 0 Å². The van der Waals surface area contributed by atoms with Crippen LogP contribution in [0.2, 0.25) is 0 Å². The lowest BCUT2D eigenvalue weighted by Gasteiger charge is -2.26. The van der Waals surface area contributed by atoms with Crippen LogP contribution in [-0.2, 0) is 16.6 Å². The molecule has 0 bridgehead atoms. The van der Waals surface area contributed by atoms with Crippen molar-refractivity contribution in [3.63, 3.8) is 0 Å². The number of likely N-dealkylation sites (tertiary alicyclic amines) is 1. The molecule has 1 saturated heterocycles. The number of rotatable bonds is 8. The number of benzene rings is 1. The number of carbonyl (C=O) groups is 2. The van der Waals surface area contributed by atoms with Crippen LogP contribution in [0.5, 0.6) is 11.5 Å². The van der Waals surface area contributed by atoms with Crippen molar-refractivity contribution in [1.29, 1.82) is 0 Å². The summed E-state index contributed by atoms with van der Waals surface area (Å²) in [4.78, 5) is 29.9. The van der Waals surface area contributed by atoms with Crippen LogP contribution in [-0.4, -0.2) is 77.8 Å². The fraction of sp³-hybridized carbons (Fsp3) is 0.458. The first-order valence-electron chi connectivity index (χ1n) is 10.8. The smallest absolute Gasteiger partial charge is 0.295 e. The number of ether oxygens (including phenoxy) is 2. The van der Waals surface area contributed by atoms with Gasteiger partial charge in [0.1, 0.15) is 5.76 Å². The van der Waals surface area contributed by atoms with Gasteiger partial charge in [0.15, 0.2) is 11.5 Å². The minimum absolute atomic E-state index is 0.0521. The molecule has 1 fully saturated rings. The predicted octanol–water partition coefficient (Wildman–Crippen LogP) is 2.43. The number of aromatic nitrogens is 2. The first-order valence-corrected chi connectivity index (χ1v) is 10.8. The van der Waals surface area contributed by atoms with Gasteiger partial charge in [-0.3, -0.25) is 14.3 Å². The molecule has 0 spiro atoms. The number of aryl methyl sites for hydroxylation is 2. The summed E-state index contributed by atoms with van der Waals surface area (Å²) < 4.78 is 12.4. The molecule has 1 aromatic heterocycles. The Morgan fingerprint density at radius 3 is 2.36 bits per heavy atom. The summed E-state index contributed by atoms with van der Waals surface area (Å²) in [7, 11) is 8.74. The van der Waals surface area contributed by atoms with E-state index in [9.17, 15) is 14.7 Å². The Kier molecular flexibility index (Phi) is 7.12. The van der Waals surface area contributed by atoms with Gasteiger partial charge in [0.25, 0.3) is 11.7 Å². The maximum absolute atomic E-state index is 13.2. The van der Waals surface area contributed by atoms with E-state index in [1.807, 2.05) is 25.9 Å². The lowest BCUT2D eigenvalue weighted by molar-refractivity contribution is -0.139. The molecule has 3 rings (SSSR count). The Labute approximate surface area is 194 Å². The summed E-state index contributed by atoms with van der Waals surface area (Å²) in [5.41, 5.74) is 2.45. The van der Waals surface area contributed by atoms with E-state index in [4.69, 9.17) is 9.47 Å². The molecular formula is C24H32N4O5. The predicted molar refractivity (Wildman–Crippen MR) is 124 cm³/mol. The first-order chi connectivity index (χ1) is 15.6. The number of aliphatic hydroxyl groups excluding tert-OH is 1. The normalized spacial score (nSPS) is 17.8. The average Bonchev–Trinajstić information content (AvgIpc) is 3.18. The fourth-order valence-corrected chi connectivity index (χ4v) is 4.29. The molecule has 9 nitrogen and oxygen atoms in total. The number of carbonyl (C=O) groups excluding carboxylic acids is 2. The zero-order valence-corrected chi connectivity index (χ0v) is 20.3. The van der Waals surface area contributed by atoms with Crippen LogP contribution < -0.4 is 9.47 Å². The van der Waals surface area contributed by atoms with E-state index in [1.54, 1.807) is 44.0 Å². The Hall–Kier alpha value is -3.33. The number of aliphatic hydroxyl groups is 1. The molecule has 178 valence electrons. The maximum Gasteiger partial charge on any atom is 0.295 e. The molecule has 9 heteroatoms. The van der Waals surface area contributed by atoms with Gasteiger partial charge in [-0.2, -0.15) is 5.10 Å². The third-order valence-corrected chi connectivity index (χ3v) is 6.01. The SMILES string of the molecule is COc1ccc([C@H]2/C(=C(\O)c3c(C)nn(C)c3C)C(=O)C(=O)N2CCCN(C)C)cc1OC. The Balaban J connectivity index is 2.20. The molecule has 1 aliphatic heterocycles. The molecule has 2 heterocycles. The summed E-state index contributed by atoms with van der Waals surface area (Å²) in [5, 5.41) is 15.7. The van der Waals surface area contributed by atoms with Crippen molar-refractivity contribution in [2.45, 2.75) is 26.3 Å². The number of methoxy groups -OCH3 is 2. The zero-order chi connectivity index (χ0) is 24.4. The molecular weight excluding hydrogens is 424 g/mol. The van der Waals surface area contributed by atoms with Crippen LogP contribution in [0, 0.1) is 13.8 Å². The van der Waals surface area contributed by atoms with Gasteiger partial charge in [0.2, 0.25) is 0 Å². The van der Waals surface area contributed by atoms with Crippen molar-refractivity contribution >= 4 is 17.4 Å². The van der Waals surface area contributed by atoms with Crippen molar-refractivity contribution in [2.24, 2.45) is 7.05 Å². The zero-order valence-electron chi connectivity index (χ0n) is 20.3. The lowest BCUT2D eigenvalue weighted by atomic mass is 9.94. The van der Waals surface area contributed by atoms with E-state index in [0.29, 0.717) is 47.0 Å². The largest absolute Gasteiger partial charge is 0.507 e. The highest BCUT2D eigenvalue weighted by Gasteiger charge is 2.46. The molecule has 1 amide bonds. The molecule has 0 radical (unpaired) electrons. The van der Waals surface area contributed by atoms with Crippen LogP contribution in [0.4, 0.5) is 0 Å². The second-order valence-corrected chi connectivity index (χ2v) is 8.43. The standard InChI is InChI=1S/C24H32N4O5/c1-14-19(15(2)27(5)25-14)22(29)20-21(16-9-10-17(32-6)18(13-16)33-7)28(24(31)23(20)30)12-8-11-26(3)4/h9-10,13,21,29H,8,11-12H2,1-7H3/b22-20+/t21-/m0/s1. The average molecular weight is 457 g/mol. The summed E-state index contributed by atoms with van der Waals surface area (Å²) >= 11 is 0. The Morgan fingerprint density at radius 2 is 1.82 bits per heavy atom. The second kappa shape index (κ2) is 9.66. The Morgan fingerprint density at radius 1 is 1.15 bits per heavy atom. The van der Waals surface area contributed by atoms with E-state index < -0.39 is 17.7 Å². The molecule has 1 aromatic carbocycles. The molecule has 1 aliphatic rings. The first kappa shape index (κ1) is 24.3. The second-order valence-electron chi connectivity index (χ2n) is 8.43. The van der Waals surface area contributed by atoms with Crippen LogP contribution in [0.25, 0.3) is 5.76 Å². The summed E-state index contributed by atoms with van der Waals surface area (Å²) in [5.74, 6) is -0.548. The van der Waals surface area contributed by atoms with Gasteiger partial charge in [-0.15, -0.1) is 0 Å². The van der Waals surface area contributed by atoms with Gasteiger partial charge >= 0.3 is 0 Å². The van der Waals surface area contributed by atoms with E-state index in [2.05, 4.69) is 5.10 Å². The highest BCUT2D eigenvalue weighted by atomic mass is 16.5. The van der Waals surface area contributed by atoms with Crippen LogP contribution in [0.15, 0.2) is 23.8 Å². The van der Waals surface area contributed by atoms with E-state index in [0.717, 1.165) is 6.54 Å². The van der Waals surface area contributed by atoms with Gasteiger partial charge < -0.3 is 24.4 Å². The molecule has 0 saturated carbocycles. The van der Waals surface area contributed by atoms with Crippen molar-refractivity contribution in [1.82, 2.24) is 19.6 Å².